The minimum absolute atomic E-state index is 0.417. The van der Waals surface area contributed by atoms with Crippen molar-refractivity contribution in [2.45, 2.75) is 89.0 Å². The summed E-state index contributed by atoms with van der Waals surface area (Å²) in [6.07, 6.45) is 4.30. The molecule has 8 unspecified atom stereocenters. The van der Waals surface area contributed by atoms with Crippen LogP contribution in [0.25, 0.3) is 0 Å². The van der Waals surface area contributed by atoms with E-state index in [-0.39, 0.29) is 0 Å². The quantitative estimate of drug-likeness (QED) is 0.642. The van der Waals surface area contributed by atoms with Gasteiger partial charge in [-0.05, 0) is 97.8 Å². The molecular weight excluding hydrogens is 392 g/mol. The smallest absolute Gasteiger partial charge is 0.229 e. The maximum Gasteiger partial charge on any atom is 0.229 e. The Hall–Kier alpha value is -1.40. The highest BCUT2D eigenvalue weighted by Crippen LogP contribution is 2.63. The average molecular weight is 429 g/mol. The van der Waals surface area contributed by atoms with Crippen molar-refractivity contribution in [1.29, 1.82) is 0 Å². The van der Waals surface area contributed by atoms with Crippen LogP contribution in [0.1, 0.15) is 63.0 Å². The summed E-state index contributed by atoms with van der Waals surface area (Å²) in [5.74, 6) is 3.47. The van der Waals surface area contributed by atoms with Gasteiger partial charge in [-0.25, -0.2) is 0 Å². The van der Waals surface area contributed by atoms with Gasteiger partial charge in [0.25, 0.3) is 0 Å². The predicted octanol–water partition coefficient (Wildman–Crippen LogP) is 3.55. The zero-order chi connectivity index (χ0) is 21.9. The van der Waals surface area contributed by atoms with Crippen LogP contribution in [0.5, 0.6) is 5.75 Å². The van der Waals surface area contributed by atoms with E-state index in [2.05, 4.69) is 31.7 Å². The van der Waals surface area contributed by atoms with Gasteiger partial charge in [0.15, 0.2) is 0 Å². The van der Waals surface area contributed by atoms with Crippen LogP contribution in [-0.2, 0) is 11.2 Å². The molecule has 31 heavy (non-hydrogen) atoms. The van der Waals surface area contributed by atoms with E-state index < -0.39 is 30.7 Å². The van der Waals surface area contributed by atoms with Crippen LogP contribution in [0, 0.1) is 23.2 Å². The first kappa shape index (κ1) is 21.4. The van der Waals surface area contributed by atoms with Crippen LogP contribution in [0.3, 0.4) is 0 Å². The van der Waals surface area contributed by atoms with Gasteiger partial charge in [0.2, 0.25) is 6.29 Å². The molecular formula is C26H36O5. The molecule has 1 aromatic carbocycles. The van der Waals surface area contributed by atoms with E-state index in [1.807, 2.05) is 6.07 Å². The van der Waals surface area contributed by atoms with Crippen LogP contribution < -0.4 is 4.74 Å². The van der Waals surface area contributed by atoms with E-state index in [1.54, 1.807) is 6.92 Å². The van der Waals surface area contributed by atoms with Crippen LogP contribution in [-0.4, -0.2) is 46.0 Å². The van der Waals surface area contributed by atoms with Gasteiger partial charge in [0.05, 0.1) is 6.10 Å². The fraction of sp³-hybridized carbons (Fsp3) is 0.692. The fourth-order valence-corrected chi connectivity index (χ4v) is 7.30. The van der Waals surface area contributed by atoms with Gasteiger partial charge < -0.3 is 24.8 Å². The van der Waals surface area contributed by atoms with Gasteiger partial charge in [-0.15, -0.1) is 6.58 Å². The molecule has 4 aliphatic rings. The second-order valence-corrected chi connectivity index (χ2v) is 10.5. The van der Waals surface area contributed by atoms with Crippen LogP contribution in [0.2, 0.25) is 0 Å². The summed E-state index contributed by atoms with van der Waals surface area (Å²) < 4.78 is 11.5. The Balaban J connectivity index is 1.34. The molecule has 0 amide bonds. The Morgan fingerprint density at radius 3 is 2.68 bits per heavy atom. The molecule has 0 aromatic heterocycles. The summed E-state index contributed by atoms with van der Waals surface area (Å²) in [5.41, 5.74) is 3.21. The van der Waals surface area contributed by atoms with E-state index in [4.69, 9.17) is 9.47 Å². The van der Waals surface area contributed by atoms with Gasteiger partial charge in [-0.2, -0.15) is 0 Å². The number of allylic oxidation sites excluding steroid dienone is 1. The molecule has 2 saturated carbocycles. The van der Waals surface area contributed by atoms with E-state index in [9.17, 15) is 15.3 Å². The Morgan fingerprint density at radius 1 is 1.10 bits per heavy atom. The molecule has 0 radical (unpaired) electrons. The highest BCUT2D eigenvalue weighted by molar-refractivity contribution is 5.41. The molecule has 0 spiro atoms. The summed E-state index contributed by atoms with van der Waals surface area (Å²) in [5, 5.41) is 30.2. The zero-order valence-corrected chi connectivity index (χ0v) is 18.6. The third-order valence-corrected chi connectivity index (χ3v) is 9.12. The largest absolute Gasteiger partial charge is 0.462 e. The SMILES string of the molecule is C=C[C@H]1CCC2C3CCc4cc(OC5OC(C)C(O)C(O)C5O)ccc4C3CC[C@@]21C. The molecule has 3 N–H and O–H groups in total. The van der Waals surface area contributed by atoms with Gasteiger partial charge in [0.1, 0.15) is 24.1 Å². The maximum atomic E-state index is 10.3. The fourth-order valence-electron chi connectivity index (χ4n) is 7.30. The normalized spacial score (nSPS) is 46.5. The highest BCUT2D eigenvalue weighted by atomic mass is 16.7. The number of hydrogen-bond donors (Lipinski definition) is 3. The molecule has 1 aromatic rings. The zero-order valence-electron chi connectivity index (χ0n) is 18.6. The molecule has 10 atom stereocenters. The molecule has 5 nitrogen and oxygen atoms in total. The third kappa shape index (κ3) is 3.36. The first-order valence-electron chi connectivity index (χ1n) is 11.9. The van der Waals surface area contributed by atoms with Crippen molar-refractivity contribution in [3.63, 3.8) is 0 Å². The van der Waals surface area contributed by atoms with Crippen molar-refractivity contribution in [3.8, 4) is 5.75 Å². The Morgan fingerprint density at radius 2 is 1.90 bits per heavy atom. The minimum atomic E-state index is -1.29. The van der Waals surface area contributed by atoms with Crippen molar-refractivity contribution < 1.29 is 24.8 Å². The number of aliphatic hydroxyl groups excluding tert-OH is 3. The number of rotatable bonds is 3. The first-order valence-corrected chi connectivity index (χ1v) is 11.9. The number of fused-ring (bicyclic) bond motifs is 5. The first-order chi connectivity index (χ1) is 14.8. The number of aryl methyl sites for hydroxylation is 1. The molecule has 1 aliphatic heterocycles. The number of hydrogen-bond acceptors (Lipinski definition) is 5. The monoisotopic (exact) mass is 428 g/mol. The Labute approximate surface area is 185 Å². The lowest BCUT2D eigenvalue weighted by Crippen LogP contribution is -2.58. The Bertz CT molecular complexity index is 839. The number of benzene rings is 1. The summed E-state index contributed by atoms with van der Waals surface area (Å²) in [7, 11) is 0. The van der Waals surface area contributed by atoms with Gasteiger partial charge in [-0.1, -0.05) is 19.1 Å². The lowest BCUT2D eigenvalue weighted by Gasteiger charge is -2.50. The van der Waals surface area contributed by atoms with E-state index in [0.29, 0.717) is 23.0 Å². The Kier molecular flexibility index (Phi) is 5.45. The lowest BCUT2D eigenvalue weighted by molar-refractivity contribution is -0.268. The van der Waals surface area contributed by atoms with Crippen molar-refractivity contribution in [3.05, 3.63) is 42.0 Å². The summed E-state index contributed by atoms with van der Waals surface area (Å²) in [4.78, 5) is 0. The number of ether oxygens (including phenoxy) is 2. The highest BCUT2D eigenvalue weighted by Gasteiger charge is 2.53. The molecule has 5 rings (SSSR count). The standard InChI is InChI=1S/C26H36O5/c1-4-16-6-10-21-20-8-5-15-13-17(7-9-18(15)19(20)11-12-26(16,21)3)31-25-24(29)23(28)22(27)14(2)30-25/h4,7,9,13-14,16,19-25,27-29H,1,5-6,8,10-12H2,2-3H3/t14?,16-,19?,20?,21?,22?,23?,24?,25?,26+/m0/s1. The topological polar surface area (TPSA) is 79.2 Å². The molecule has 170 valence electrons. The summed E-state index contributed by atoms with van der Waals surface area (Å²) >= 11 is 0. The van der Waals surface area contributed by atoms with Gasteiger partial charge >= 0.3 is 0 Å². The lowest BCUT2D eigenvalue weighted by atomic mass is 9.54. The van der Waals surface area contributed by atoms with Crippen molar-refractivity contribution >= 4 is 0 Å². The van der Waals surface area contributed by atoms with Gasteiger partial charge in [0, 0.05) is 0 Å². The predicted molar refractivity (Wildman–Crippen MR) is 118 cm³/mol. The van der Waals surface area contributed by atoms with Crippen molar-refractivity contribution in [1.82, 2.24) is 0 Å². The van der Waals surface area contributed by atoms with Crippen molar-refractivity contribution in [2.24, 2.45) is 23.2 Å². The number of aliphatic hydroxyl groups is 3. The molecule has 1 heterocycles. The van der Waals surface area contributed by atoms with E-state index in [0.717, 1.165) is 18.3 Å². The second kappa shape index (κ2) is 7.87. The van der Waals surface area contributed by atoms with Gasteiger partial charge in [-0.3, -0.25) is 0 Å². The molecule has 5 heteroatoms. The second-order valence-electron chi connectivity index (χ2n) is 10.5. The molecule has 0 bridgehead atoms. The van der Waals surface area contributed by atoms with Crippen LogP contribution in [0.4, 0.5) is 0 Å². The molecule has 3 aliphatic carbocycles. The van der Waals surface area contributed by atoms with E-state index in [1.165, 1.54) is 43.2 Å². The average Bonchev–Trinajstić information content (AvgIpc) is 3.12. The van der Waals surface area contributed by atoms with Crippen LogP contribution >= 0.6 is 0 Å². The summed E-state index contributed by atoms with van der Waals surface area (Å²) in [6, 6.07) is 6.25. The summed E-state index contributed by atoms with van der Waals surface area (Å²) in [6.45, 7) is 8.29. The maximum absolute atomic E-state index is 10.3. The minimum Gasteiger partial charge on any atom is -0.462 e. The molecule has 1 saturated heterocycles. The third-order valence-electron chi connectivity index (χ3n) is 9.12. The van der Waals surface area contributed by atoms with Crippen LogP contribution in [0.15, 0.2) is 30.9 Å². The molecule has 3 fully saturated rings. The van der Waals surface area contributed by atoms with Crippen molar-refractivity contribution in [2.75, 3.05) is 0 Å². The van der Waals surface area contributed by atoms with E-state index >= 15 is 0 Å².